The second-order valence-electron chi connectivity index (χ2n) is 17.9. The van der Waals surface area contributed by atoms with Gasteiger partial charge in [-0.1, -0.05) is 0 Å². The van der Waals surface area contributed by atoms with Crippen LogP contribution in [0.2, 0.25) is 0 Å². The summed E-state index contributed by atoms with van der Waals surface area (Å²) in [4.78, 5) is 78.7. The molecule has 1 spiro atoms. The van der Waals surface area contributed by atoms with Gasteiger partial charge in [-0.2, -0.15) is 0 Å². The van der Waals surface area contributed by atoms with Crippen molar-refractivity contribution >= 4 is 17.9 Å². The summed E-state index contributed by atoms with van der Waals surface area (Å²) in [7, 11) is 0. The van der Waals surface area contributed by atoms with Crippen LogP contribution in [-0.4, -0.2) is 87.6 Å². The highest BCUT2D eigenvalue weighted by molar-refractivity contribution is 5.70. The molecule has 6 aliphatic carbocycles. The molecule has 1 aromatic heterocycles. The number of carbonyl (C=O) groups is 3. The molecule has 54 heavy (non-hydrogen) atoms. The molecule has 10 aliphatic rings. The lowest BCUT2D eigenvalue weighted by atomic mass is 9.79. The van der Waals surface area contributed by atoms with E-state index in [9.17, 15) is 28.8 Å². The Morgan fingerprint density at radius 3 is 1.39 bits per heavy atom. The zero-order chi connectivity index (χ0) is 36.9. The van der Waals surface area contributed by atoms with Crippen LogP contribution in [0.4, 0.5) is 0 Å². The number of fused-ring (bicyclic) bond motifs is 10. The number of esters is 3. The van der Waals surface area contributed by atoms with Gasteiger partial charge in [-0.05, 0) is 99.2 Å². The third kappa shape index (κ3) is 6.11. The third-order valence-corrected chi connectivity index (χ3v) is 14.9. The van der Waals surface area contributed by atoms with E-state index < -0.39 is 35.0 Å². The Kier molecular flexibility index (Phi) is 8.74. The first-order valence-corrected chi connectivity index (χ1v) is 20.6. The molecule has 4 aliphatic heterocycles. The SMILES string of the molecule is O=C(CCCn1c(=O)n(CCCC(=O)OCC2CC3CC2C2OC32)c(=O)n(CCCC(=O)OCC2CC3CC24CC3O4)c1=O)OCC1CC2CC1C1OC21. The quantitative estimate of drug-likeness (QED) is 0.120. The van der Waals surface area contributed by atoms with Gasteiger partial charge >= 0.3 is 35.0 Å². The predicted molar refractivity (Wildman–Crippen MR) is 185 cm³/mol. The number of hydrogen-bond donors (Lipinski definition) is 0. The number of ether oxygens (including phenoxy) is 6. The van der Waals surface area contributed by atoms with Crippen molar-refractivity contribution in [3.63, 3.8) is 0 Å². The highest BCUT2D eigenvalue weighted by Crippen LogP contribution is 2.64. The Bertz CT molecular complexity index is 1780. The van der Waals surface area contributed by atoms with Crippen LogP contribution in [0.3, 0.4) is 0 Å². The van der Waals surface area contributed by atoms with Gasteiger partial charge in [0.05, 0.1) is 55.9 Å². The number of aromatic nitrogens is 3. The van der Waals surface area contributed by atoms with Crippen molar-refractivity contribution in [2.24, 2.45) is 47.3 Å². The lowest BCUT2D eigenvalue weighted by Crippen LogP contribution is -2.54. The number of carbonyl (C=O) groups excluding carboxylic acids is 3. The highest BCUT2D eigenvalue weighted by Gasteiger charge is 2.67. The average molecular weight is 754 g/mol. The molecule has 11 rings (SSSR count). The topological polar surface area (TPSA) is 179 Å². The van der Waals surface area contributed by atoms with Crippen LogP contribution < -0.4 is 17.1 Å². The summed E-state index contributed by atoms with van der Waals surface area (Å²) in [6.07, 6.45) is 9.77. The summed E-state index contributed by atoms with van der Waals surface area (Å²) in [5, 5.41) is 0. The van der Waals surface area contributed by atoms with Gasteiger partial charge < -0.3 is 28.4 Å². The van der Waals surface area contributed by atoms with Crippen molar-refractivity contribution in [2.45, 2.75) is 139 Å². The molecular weight excluding hydrogens is 702 g/mol. The fourth-order valence-electron chi connectivity index (χ4n) is 12.1. The van der Waals surface area contributed by atoms with Gasteiger partial charge in [0.15, 0.2) is 0 Å². The summed E-state index contributed by atoms with van der Waals surface area (Å²) in [5.41, 5.74) is -2.51. The lowest BCUT2D eigenvalue weighted by molar-refractivity contribution is -0.218. The number of hydrogen-bond acceptors (Lipinski definition) is 12. The van der Waals surface area contributed by atoms with Gasteiger partial charge in [0, 0.05) is 51.2 Å². The summed E-state index contributed by atoms with van der Waals surface area (Å²) >= 11 is 0. The first-order valence-electron chi connectivity index (χ1n) is 20.6. The van der Waals surface area contributed by atoms with Gasteiger partial charge in [0.2, 0.25) is 0 Å². The Morgan fingerprint density at radius 2 is 1.02 bits per heavy atom. The maximum absolute atomic E-state index is 13.6. The van der Waals surface area contributed by atoms with Crippen molar-refractivity contribution in [3.8, 4) is 0 Å². The fourth-order valence-corrected chi connectivity index (χ4v) is 12.1. The van der Waals surface area contributed by atoms with Crippen LogP contribution in [0.1, 0.15) is 83.5 Å². The van der Waals surface area contributed by atoms with Gasteiger partial charge in [-0.3, -0.25) is 14.4 Å². The van der Waals surface area contributed by atoms with E-state index >= 15 is 0 Å². The van der Waals surface area contributed by atoms with Crippen LogP contribution in [0.15, 0.2) is 14.4 Å². The molecule has 0 amide bonds. The molecular formula is C39H51N3O12. The minimum Gasteiger partial charge on any atom is -0.465 e. The fraction of sp³-hybridized carbons (Fsp3) is 0.846. The second-order valence-corrected chi connectivity index (χ2v) is 17.9. The van der Waals surface area contributed by atoms with Crippen molar-refractivity contribution in [1.29, 1.82) is 0 Å². The van der Waals surface area contributed by atoms with Crippen LogP contribution >= 0.6 is 0 Å². The first-order chi connectivity index (χ1) is 26.2. The van der Waals surface area contributed by atoms with Gasteiger partial charge in [-0.15, -0.1) is 0 Å². The van der Waals surface area contributed by atoms with E-state index in [0.29, 0.717) is 91.8 Å². The van der Waals surface area contributed by atoms with Gasteiger partial charge in [0.25, 0.3) is 0 Å². The zero-order valence-electron chi connectivity index (χ0n) is 30.7. The summed E-state index contributed by atoms with van der Waals surface area (Å²) in [6.45, 7) is 0.724. The van der Waals surface area contributed by atoms with E-state index in [4.69, 9.17) is 28.4 Å². The van der Waals surface area contributed by atoms with Gasteiger partial charge in [-0.25, -0.2) is 28.1 Å². The molecule has 5 heterocycles. The molecule has 0 N–H and O–H groups in total. The van der Waals surface area contributed by atoms with E-state index in [1.54, 1.807) is 0 Å². The summed E-state index contributed by atoms with van der Waals surface area (Å²) in [6, 6.07) is 0. The molecule has 0 radical (unpaired) electrons. The van der Waals surface area contributed by atoms with E-state index in [1.807, 2.05) is 0 Å². The minimum atomic E-state index is -0.797. The maximum Gasteiger partial charge on any atom is 0.336 e. The van der Waals surface area contributed by atoms with Crippen molar-refractivity contribution in [1.82, 2.24) is 13.7 Å². The van der Waals surface area contributed by atoms with Gasteiger partial charge in [0.1, 0.15) is 0 Å². The van der Waals surface area contributed by atoms with E-state index in [2.05, 4.69) is 0 Å². The maximum atomic E-state index is 13.6. The molecule has 6 saturated carbocycles. The molecule has 15 nitrogen and oxygen atoms in total. The first kappa shape index (κ1) is 35.1. The molecule has 294 valence electrons. The Morgan fingerprint density at radius 1 is 0.574 bits per heavy atom. The smallest absolute Gasteiger partial charge is 0.336 e. The Hall–Kier alpha value is -3.30. The minimum absolute atomic E-state index is 0.00156. The number of nitrogens with zero attached hydrogens (tertiary/aromatic N) is 3. The summed E-state index contributed by atoms with van der Waals surface area (Å²) < 4.78 is 37.1. The molecule has 1 aromatic rings. The van der Waals surface area contributed by atoms with Crippen molar-refractivity contribution in [2.75, 3.05) is 19.8 Å². The molecule has 15 heteroatoms. The normalized spacial score (nSPS) is 40.3. The summed E-state index contributed by atoms with van der Waals surface area (Å²) in [5.74, 6) is 2.26. The molecule has 14 unspecified atom stereocenters. The van der Waals surface area contributed by atoms with E-state index in [1.165, 1.54) is 0 Å². The zero-order valence-corrected chi connectivity index (χ0v) is 30.7. The monoisotopic (exact) mass is 753 g/mol. The van der Waals surface area contributed by atoms with Crippen LogP contribution in [0.5, 0.6) is 0 Å². The van der Waals surface area contributed by atoms with E-state index in [-0.39, 0.29) is 69.7 Å². The Balaban J connectivity index is 0.742. The molecule has 4 saturated heterocycles. The highest BCUT2D eigenvalue weighted by atomic mass is 16.6. The largest absolute Gasteiger partial charge is 0.465 e. The molecule has 0 aromatic carbocycles. The van der Waals surface area contributed by atoms with Crippen LogP contribution in [0, 0.1) is 47.3 Å². The van der Waals surface area contributed by atoms with Crippen LogP contribution in [0.25, 0.3) is 0 Å². The lowest BCUT2D eigenvalue weighted by Gasteiger charge is -2.47. The molecule has 10 fully saturated rings. The third-order valence-electron chi connectivity index (χ3n) is 14.9. The Labute approximate surface area is 311 Å². The van der Waals surface area contributed by atoms with Crippen molar-refractivity contribution in [3.05, 3.63) is 31.5 Å². The standard InChI is InChI=1S/C39H51N3O12/c43-29(49-17-23-10-20-13-26(23)34-32(20)52-34)4-1-7-40-36(46)41(8-2-5-30(44)50-18-24-11-21-14-27(24)35-33(21)53-35)38(48)42(37(40)47)9-3-6-31(45)51-19-25-12-22-15-39(25)16-28(22)54-39/h20-28,32-35H,1-19H2. The molecule has 14 atom stereocenters. The number of rotatable bonds is 18. The number of epoxide rings is 2. The predicted octanol–water partition coefficient (Wildman–Crippen LogP) is 1.56. The van der Waals surface area contributed by atoms with Crippen molar-refractivity contribution < 1.29 is 42.8 Å². The van der Waals surface area contributed by atoms with E-state index in [0.717, 1.165) is 58.6 Å². The molecule has 7 bridgehead atoms. The van der Waals surface area contributed by atoms with Crippen LogP contribution in [-0.2, 0) is 62.4 Å². The average Bonchev–Trinajstić information content (AvgIpc) is 3.63. The second kappa shape index (κ2) is 13.4.